The highest BCUT2D eigenvalue weighted by Gasteiger charge is 2.29. The van der Waals surface area contributed by atoms with E-state index in [0.717, 1.165) is 6.42 Å². The molecule has 1 N–H and O–H groups in total. The lowest BCUT2D eigenvalue weighted by Crippen LogP contribution is -2.43. The largest absolute Gasteiger partial charge is 0.453 e. The molecule has 0 radical (unpaired) electrons. The third-order valence-corrected chi connectivity index (χ3v) is 3.53. The van der Waals surface area contributed by atoms with Gasteiger partial charge in [0.15, 0.2) is 0 Å². The van der Waals surface area contributed by atoms with Gasteiger partial charge in [-0.2, -0.15) is 5.26 Å². The number of methoxy groups -OCH3 is 1. The van der Waals surface area contributed by atoms with E-state index in [9.17, 15) is 9.59 Å². The number of carbonyl (C=O) groups excluding carboxylic acids is 2. The molecule has 1 aromatic carbocycles. The summed E-state index contributed by atoms with van der Waals surface area (Å²) in [4.78, 5) is 25.3. The maximum Gasteiger partial charge on any atom is 0.409 e. The van der Waals surface area contributed by atoms with Gasteiger partial charge in [0.2, 0.25) is 5.91 Å². The number of amides is 2. The summed E-state index contributed by atoms with van der Waals surface area (Å²) < 4.78 is 4.68. The Labute approximate surface area is 123 Å². The van der Waals surface area contributed by atoms with Crippen molar-refractivity contribution in [3.05, 3.63) is 29.8 Å². The van der Waals surface area contributed by atoms with Gasteiger partial charge in [-0.1, -0.05) is 12.1 Å². The lowest BCUT2D eigenvalue weighted by atomic mass is 9.97. The number of hydrogen-bond donors (Lipinski definition) is 1. The lowest BCUT2D eigenvalue weighted by Gasteiger charge is -2.30. The van der Waals surface area contributed by atoms with E-state index >= 15 is 0 Å². The maximum absolute atomic E-state index is 12.3. The van der Waals surface area contributed by atoms with E-state index in [0.29, 0.717) is 30.8 Å². The number of hydrogen-bond acceptors (Lipinski definition) is 4. The molecule has 0 bridgehead atoms. The van der Waals surface area contributed by atoms with Crippen molar-refractivity contribution in [2.24, 2.45) is 5.92 Å². The highest BCUT2D eigenvalue weighted by molar-refractivity contribution is 5.94. The number of para-hydroxylation sites is 1. The number of rotatable bonds is 2. The third kappa shape index (κ3) is 3.51. The van der Waals surface area contributed by atoms with Crippen molar-refractivity contribution in [3.63, 3.8) is 0 Å². The molecule has 2 rings (SSSR count). The van der Waals surface area contributed by atoms with Crippen LogP contribution in [0.3, 0.4) is 0 Å². The van der Waals surface area contributed by atoms with Gasteiger partial charge in [-0.15, -0.1) is 0 Å². The number of ether oxygens (including phenoxy) is 1. The highest BCUT2D eigenvalue weighted by atomic mass is 16.5. The standard InChI is InChI=1S/C15H17N3O3/c1-21-15(20)18-8-4-6-12(10-18)14(19)17-13-7-3-2-5-11(13)9-16/h2-3,5,7,12H,4,6,8,10H2,1H3,(H,17,19). The number of nitrogens with one attached hydrogen (secondary N) is 1. The number of piperidine rings is 1. The molecule has 0 saturated carbocycles. The summed E-state index contributed by atoms with van der Waals surface area (Å²) >= 11 is 0. The Morgan fingerprint density at radius 2 is 2.19 bits per heavy atom. The minimum atomic E-state index is -0.412. The number of anilines is 1. The molecule has 6 heteroatoms. The van der Waals surface area contributed by atoms with Crippen LogP contribution in [0.15, 0.2) is 24.3 Å². The van der Waals surface area contributed by atoms with Crippen LogP contribution in [0.25, 0.3) is 0 Å². The van der Waals surface area contributed by atoms with Crippen LogP contribution in [-0.4, -0.2) is 37.1 Å². The average Bonchev–Trinajstić information content (AvgIpc) is 2.54. The molecule has 1 aromatic rings. The van der Waals surface area contributed by atoms with Gasteiger partial charge in [-0.25, -0.2) is 4.79 Å². The highest BCUT2D eigenvalue weighted by Crippen LogP contribution is 2.20. The van der Waals surface area contributed by atoms with Crippen molar-refractivity contribution >= 4 is 17.7 Å². The molecule has 0 aliphatic carbocycles. The zero-order valence-electron chi connectivity index (χ0n) is 11.8. The van der Waals surface area contributed by atoms with E-state index in [-0.39, 0.29) is 11.8 Å². The van der Waals surface area contributed by atoms with Crippen LogP contribution in [0.2, 0.25) is 0 Å². The van der Waals surface area contributed by atoms with Gasteiger partial charge < -0.3 is 15.0 Å². The number of nitriles is 1. The summed E-state index contributed by atoms with van der Waals surface area (Å²) in [7, 11) is 1.33. The molecular formula is C15H17N3O3. The molecule has 21 heavy (non-hydrogen) atoms. The van der Waals surface area contributed by atoms with E-state index in [1.807, 2.05) is 6.07 Å². The molecule has 1 heterocycles. The summed E-state index contributed by atoms with van der Waals surface area (Å²) in [6.07, 6.45) is 1.06. The number of benzene rings is 1. The fourth-order valence-electron chi connectivity index (χ4n) is 2.41. The zero-order valence-corrected chi connectivity index (χ0v) is 11.8. The normalized spacial score (nSPS) is 17.7. The van der Waals surface area contributed by atoms with E-state index < -0.39 is 6.09 Å². The summed E-state index contributed by atoms with van der Waals surface area (Å²) in [6, 6.07) is 8.89. The first-order valence-electron chi connectivity index (χ1n) is 6.78. The Morgan fingerprint density at radius 3 is 2.90 bits per heavy atom. The second-order valence-corrected chi connectivity index (χ2v) is 4.90. The molecule has 1 fully saturated rings. The molecule has 1 unspecified atom stereocenters. The molecule has 6 nitrogen and oxygen atoms in total. The van der Waals surface area contributed by atoms with Crippen molar-refractivity contribution in [3.8, 4) is 6.07 Å². The second-order valence-electron chi connectivity index (χ2n) is 4.90. The molecule has 1 atom stereocenters. The van der Waals surface area contributed by atoms with Crippen molar-refractivity contribution in [2.45, 2.75) is 12.8 Å². The summed E-state index contributed by atoms with van der Waals surface area (Å²) in [5.74, 6) is -0.462. The van der Waals surface area contributed by atoms with E-state index in [2.05, 4.69) is 10.1 Å². The van der Waals surface area contributed by atoms with Crippen LogP contribution in [0.4, 0.5) is 10.5 Å². The van der Waals surface area contributed by atoms with Gasteiger partial charge in [-0.05, 0) is 25.0 Å². The molecule has 0 aromatic heterocycles. The first-order chi connectivity index (χ1) is 10.2. The van der Waals surface area contributed by atoms with Gasteiger partial charge in [0, 0.05) is 13.1 Å². The Kier molecular flexibility index (Phi) is 4.77. The number of nitrogens with zero attached hydrogens (tertiary/aromatic N) is 2. The van der Waals surface area contributed by atoms with Gasteiger partial charge in [0.05, 0.1) is 24.3 Å². The fraction of sp³-hybridized carbons (Fsp3) is 0.400. The topological polar surface area (TPSA) is 82.4 Å². The minimum absolute atomic E-state index is 0.175. The molecule has 1 saturated heterocycles. The first kappa shape index (κ1) is 14.9. The van der Waals surface area contributed by atoms with Crippen LogP contribution in [0.1, 0.15) is 18.4 Å². The van der Waals surface area contributed by atoms with Crippen molar-refractivity contribution < 1.29 is 14.3 Å². The average molecular weight is 287 g/mol. The van der Waals surface area contributed by atoms with Crippen LogP contribution in [0.5, 0.6) is 0 Å². The third-order valence-electron chi connectivity index (χ3n) is 3.53. The number of carbonyl (C=O) groups is 2. The van der Waals surface area contributed by atoms with E-state index in [1.54, 1.807) is 24.3 Å². The summed E-state index contributed by atoms with van der Waals surface area (Å²) in [5.41, 5.74) is 0.923. The quantitative estimate of drug-likeness (QED) is 0.901. The lowest BCUT2D eigenvalue weighted by molar-refractivity contribution is -0.121. The van der Waals surface area contributed by atoms with Crippen LogP contribution in [-0.2, 0) is 9.53 Å². The van der Waals surface area contributed by atoms with Gasteiger partial charge in [-0.3, -0.25) is 4.79 Å². The summed E-state index contributed by atoms with van der Waals surface area (Å²) in [5, 5.41) is 11.8. The van der Waals surface area contributed by atoms with Crippen LogP contribution >= 0.6 is 0 Å². The fourth-order valence-corrected chi connectivity index (χ4v) is 2.41. The van der Waals surface area contributed by atoms with Gasteiger partial charge in [0.1, 0.15) is 6.07 Å². The second kappa shape index (κ2) is 6.75. The van der Waals surface area contributed by atoms with Crippen molar-refractivity contribution in [1.82, 2.24) is 4.90 Å². The Morgan fingerprint density at radius 1 is 1.43 bits per heavy atom. The van der Waals surface area contributed by atoms with E-state index in [4.69, 9.17) is 5.26 Å². The SMILES string of the molecule is COC(=O)N1CCCC(C(=O)Nc2ccccc2C#N)C1. The van der Waals surface area contributed by atoms with Gasteiger partial charge >= 0.3 is 6.09 Å². The minimum Gasteiger partial charge on any atom is -0.453 e. The van der Waals surface area contributed by atoms with Crippen molar-refractivity contribution in [2.75, 3.05) is 25.5 Å². The molecular weight excluding hydrogens is 270 g/mol. The number of likely N-dealkylation sites (tertiary alicyclic amines) is 1. The van der Waals surface area contributed by atoms with E-state index in [1.165, 1.54) is 12.0 Å². The maximum atomic E-state index is 12.3. The zero-order chi connectivity index (χ0) is 15.2. The Bertz CT molecular complexity index is 580. The molecule has 1 aliphatic rings. The predicted octanol–water partition coefficient (Wildman–Crippen LogP) is 1.98. The van der Waals surface area contributed by atoms with Gasteiger partial charge in [0.25, 0.3) is 0 Å². The molecule has 2 amide bonds. The summed E-state index contributed by atoms with van der Waals surface area (Å²) in [6.45, 7) is 0.943. The molecule has 1 aliphatic heterocycles. The molecule has 110 valence electrons. The Balaban J connectivity index is 2.03. The van der Waals surface area contributed by atoms with Crippen LogP contribution < -0.4 is 5.32 Å². The predicted molar refractivity (Wildman–Crippen MR) is 76.5 cm³/mol. The van der Waals surface area contributed by atoms with Crippen LogP contribution in [0, 0.1) is 17.2 Å². The van der Waals surface area contributed by atoms with Crippen molar-refractivity contribution in [1.29, 1.82) is 5.26 Å². The Hall–Kier alpha value is -2.55. The monoisotopic (exact) mass is 287 g/mol. The first-order valence-corrected chi connectivity index (χ1v) is 6.78. The molecule has 0 spiro atoms. The smallest absolute Gasteiger partial charge is 0.409 e.